The van der Waals surface area contributed by atoms with Gasteiger partial charge in [-0.25, -0.2) is 0 Å². The largest absolute Gasteiger partial charge is 0.492 e. The van der Waals surface area contributed by atoms with Crippen LogP contribution >= 0.6 is 24.8 Å². The van der Waals surface area contributed by atoms with E-state index in [4.69, 9.17) is 10.5 Å². The second-order valence-corrected chi connectivity index (χ2v) is 5.02. The topological polar surface area (TPSA) is 96.7 Å². The summed E-state index contributed by atoms with van der Waals surface area (Å²) in [7, 11) is 3.95. The molecule has 0 aliphatic heterocycles. The number of hydrogen-bond acceptors (Lipinski definition) is 5. The SMILES string of the molecule is CN(C)CCOc1ccccc1CNC(=O)CNC(=O)CN.Cl.Cl. The molecule has 0 aliphatic rings. The maximum Gasteiger partial charge on any atom is 0.239 e. The Morgan fingerprint density at radius 1 is 1.12 bits per heavy atom. The van der Waals surface area contributed by atoms with E-state index in [-0.39, 0.29) is 49.7 Å². The molecule has 0 fully saturated rings. The van der Waals surface area contributed by atoms with Gasteiger partial charge in [-0.3, -0.25) is 9.59 Å². The average Bonchev–Trinajstić information content (AvgIpc) is 2.51. The summed E-state index contributed by atoms with van der Waals surface area (Å²) in [4.78, 5) is 24.6. The first-order valence-electron chi connectivity index (χ1n) is 7.12. The Bertz CT molecular complexity index is 501. The highest BCUT2D eigenvalue weighted by atomic mass is 35.5. The van der Waals surface area contributed by atoms with Crippen LogP contribution in [0.3, 0.4) is 0 Å². The van der Waals surface area contributed by atoms with Gasteiger partial charge in [0.15, 0.2) is 0 Å². The van der Waals surface area contributed by atoms with Crippen molar-refractivity contribution in [1.29, 1.82) is 0 Å². The molecule has 0 heterocycles. The predicted molar refractivity (Wildman–Crippen MR) is 98.9 cm³/mol. The van der Waals surface area contributed by atoms with Crippen LogP contribution in [-0.4, -0.2) is 57.1 Å². The van der Waals surface area contributed by atoms with Crippen molar-refractivity contribution in [2.45, 2.75) is 6.54 Å². The summed E-state index contributed by atoms with van der Waals surface area (Å²) < 4.78 is 5.72. The maximum atomic E-state index is 11.6. The van der Waals surface area contributed by atoms with Gasteiger partial charge < -0.3 is 26.0 Å². The van der Waals surface area contributed by atoms with E-state index < -0.39 is 0 Å². The molecule has 4 N–H and O–H groups in total. The minimum absolute atomic E-state index is 0. The van der Waals surface area contributed by atoms with Gasteiger partial charge in [-0.15, -0.1) is 24.8 Å². The van der Waals surface area contributed by atoms with Crippen LogP contribution < -0.4 is 21.1 Å². The lowest BCUT2D eigenvalue weighted by Crippen LogP contribution is -2.39. The normalized spacial score (nSPS) is 9.50. The lowest BCUT2D eigenvalue weighted by molar-refractivity contribution is -0.125. The number of ether oxygens (including phenoxy) is 1. The van der Waals surface area contributed by atoms with E-state index in [1.807, 2.05) is 43.3 Å². The highest BCUT2D eigenvalue weighted by Gasteiger charge is 2.07. The van der Waals surface area contributed by atoms with Crippen LogP contribution in [0.15, 0.2) is 24.3 Å². The van der Waals surface area contributed by atoms with E-state index in [2.05, 4.69) is 10.6 Å². The molecule has 0 spiro atoms. The molecule has 0 saturated heterocycles. The van der Waals surface area contributed by atoms with Crippen LogP contribution in [0.5, 0.6) is 5.75 Å². The molecule has 7 nitrogen and oxygen atoms in total. The second-order valence-electron chi connectivity index (χ2n) is 5.02. The van der Waals surface area contributed by atoms with E-state index in [1.54, 1.807) is 0 Å². The second kappa shape index (κ2) is 13.9. The highest BCUT2D eigenvalue weighted by Crippen LogP contribution is 2.17. The van der Waals surface area contributed by atoms with E-state index in [1.165, 1.54) is 0 Å². The van der Waals surface area contributed by atoms with Crippen molar-refractivity contribution in [3.05, 3.63) is 29.8 Å². The first-order chi connectivity index (χ1) is 10.5. The van der Waals surface area contributed by atoms with Crippen molar-refractivity contribution in [3.63, 3.8) is 0 Å². The van der Waals surface area contributed by atoms with Crippen molar-refractivity contribution in [1.82, 2.24) is 15.5 Å². The molecule has 1 aromatic rings. The Labute approximate surface area is 155 Å². The van der Waals surface area contributed by atoms with Crippen molar-refractivity contribution < 1.29 is 14.3 Å². The lowest BCUT2D eigenvalue weighted by atomic mass is 10.2. The molecule has 1 rings (SSSR count). The maximum absolute atomic E-state index is 11.6. The first kappa shape index (κ1) is 24.7. The third kappa shape index (κ3) is 10.3. The van der Waals surface area contributed by atoms with Gasteiger partial charge in [0.1, 0.15) is 12.4 Å². The molecular formula is C15H26Cl2N4O3. The Morgan fingerprint density at radius 3 is 2.42 bits per heavy atom. The number of benzene rings is 1. The predicted octanol–water partition coefficient (Wildman–Crippen LogP) is 0.162. The number of carbonyl (C=O) groups excluding carboxylic acids is 2. The van der Waals surface area contributed by atoms with Gasteiger partial charge in [0.25, 0.3) is 0 Å². The first-order valence-corrected chi connectivity index (χ1v) is 7.12. The summed E-state index contributed by atoms with van der Waals surface area (Å²) in [5.74, 6) is 0.114. The highest BCUT2D eigenvalue weighted by molar-refractivity contribution is 5.86. The van der Waals surface area contributed by atoms with Crippen LogP contribution in [0.1, 0.15) is 5.56 Å². The van der Waals surface area contributed by atoms with Crippen LogP contribution in [0.4, 0.5) is 0 Å². The third-order valence-corrected chi connectivity index (χ3v) is 2.88. The number of halogens is 2. The molecule has 0 bridgehead atoms. The van der Waals surface area contributed by atoms with Gasteiger partial charge in [0, 0.05) is 18.7 Å². The van der Waals surface area contributed by atoms with E-state index in [0.29, 0.717) is 13.2 Å². The summed E-state index contributed by atoms with van der Waals surface area (Å²) in [5.41, 5.74) is 6.04. The number of nitrogens with two attached hydrogens (primary N) is 1. The van der Waals surface area contributed by atoms with Gasteiger partial charge in [-0.05, 0) is 20.2 Å². The molecule has 9 heteroatoms. The number of likely N-dealkylation sites (N-methyl/N-ethyl adjacent to an activating group) is 1. The minimum Gasteiger partial charge on any atom is -0.492 e. The Morgan fingerprint density at radius 2 is 1.79 bits per heavy atom. The number of carbonyl (C=O) groups is 2. The molecule has 138 valence electrons. The molecule has 0 radical (unpaired) electrons. The van der Waals surface area contributed by atoms with E-state index in [0.717, 1.165) is 17.9 Å². The zero-order chi connectivity index (χ0) is 16.4. The molecule has 0 atom stereocenters. The zero-order valence-electron chi connectivity index (χ0n) is 13.9. The van der Waals surface area contributed by atoms with E-state index in [9.17, 15) is 9.59 Å². The van der Waals surface area contributed by atoms with Gasteiger partial charge in [-0.2, -0.15) is 0 Å². The quantitative estimate of drug-likeness (QED) is 0.566. The summed E-state index contributed by atoms with van der Waals surface area (Å²) >= 11 is 0. The Kier molecular flexibility index (Phi) is 14.3. The molecule has 0 saturated carbocycles. The standard InChI is InChI=1S/C15H24N4O3.2ClH/c1-19(2)7-8-22-13-6-4-3-5-12(13)10-17-15(21)11-18-14(20)9-16;;/h3-6H,7-11,16H2,1-2H3,(H,17,21)(H,18,20);2*1H. The van der Waals surface area contributed by atoms with Gasteiger partial charge in [0.2, 0.25) is 11.8 Å². The number of rotatable bonds is 9. The van der Waals surface area contributed by atoms with Crippen LogP contribution in [0.2, 0.25) is 0 Å². The molecule has 0 unspecified atom stereocenters. The number of nitrogens with one attached hydrogen (secondary N) is 2. The smallest absolute Gasteiger partial charge is 0.239 e. The van der Waals surface area contributed by atoms with Gasteiger partial charge in [0.05, 0.1) is 13.1 Å². The molecule has 0 aliphatic carbocycles. The molecular weight excluding hydrogens is 355 g/mol. The summed E-state index contributed by atoms with van der Waals surface area (Å²) in [5, 5.41) is 5.15. The summed E-state index contributed by atoms with van der Waals surface area (Å²) in [6.07, 6.45) is 0. The molecule has 24 heavy (non-hydrogen) atoms. The molecule has 0 aromatic heterocycles. The van der Waals surface area contributed by atoms with Crippen molar-refractivity contribution in [3.8, 4) is 5.75 Å². The summed E-state index contributed by atoms with van der Waals surface area (Å²) in [6.45, 7) is 1.52. The average molecular weight is 381 g/mol. The van der Waals surface area contributed by atoms with Crippen LogP contribution in [0.25, 0.3) is 0 Å². The van der Waals surface area contributed by atoms with Crippen molar-refractivity contribution in [2.75, 3.05) is 40.3 Å². The molecule has 2 amide bonds. The van der Waals surface area contributed by atoms with Crippen molar-refractivity contribution >= 4 is 36.6 Å². The van der Waals surface area contributed by atoms with E-state index >= 15 is 0 Å². The molecule has 1 aromatic carbocycles. The monoisotopic (exact) mass is 380 g/mol. The zero-order valence-corrected chi connectivity index (χ0v) is 15.5. The lowest BCUT2D eigenvalue weighted by Gasteiger charge is -2.14. The fourth-order valence-electron chi connectivity index (χ4n) is 1.64. The number of para-hydroxylation sites is 1. The minimum atomic E-state index is -0.359. The number of hydrogen-bond donors (Lipinski definition) is 3. The van der Waals surface area contributed by atoms with Crippen LogP contribution in [0, 0.1) is 0 Å². The third-order valence-electron chi connectivity index (χ3n) is 2.88. The Hall–Kier alpha value is -1.54. The fraction of sp³-hybridized carbons (Fsp3) is 0.467. The summed E-state index contributed by atoms with van der Waals surface area (Å²) in [6, 6.07) is 7.53. The number of amides is 2. The van der Waals surface area contributed by atoms with Crippen LogP contribution in [-0.2, 0) is 16.1 Å². The fourth-order valence-corrected chi connectivity index (χ4v) is 1.64. The van der Waals surface area contributed by atoms with Gasteiger partial charge in [-0.1, -0.05) is 18.2 Å². The van der Waals surface area contributed by atoms with Crippen molar-refractivity contribution in [2.24, 2.45) is 5.73 Å². The number of nitrogens with zero attached hydrogens (tertiary/aromatic N) is 1. The Balaban J connectivity index is 0. The van der Waals surface area contributed by atoms with Gasteiger partial charge >= 0.3 is 0 Å².